The minimum atomic E-state index is 0.167. The molecule has 0 spiro atoms. The van der Waals surface area contributed by atoms with E-state index in [0.717, 1.165) is 24.2 Å². The van der Waals surface area contributed by atoms with Crippen molar-refractivity contribution in [3.05, 3.63) is 43.0 Å². The maximum absolute atomic E-state index is 12.2. The van der Waals surface area contributed by atoms with Crippen LogP contribution in [0.1, 0.15) is 32.1 Å². The SMILES string of the molecule is O=C(Nc1ccc(-n2ccnc2)cc1)C1CCCCC1. The molecule has 0 aliphatic heterocycles. The molecule has 1 heterocycles. The standard InChI is InChI=1S/C16H19N3O/c20-16(13-4-2-1-3-5-13)18-14-6-8-15(9-7-14)19-11-10-17-12-19/h6-13H,1-5H2,(H,18,20). The molecule has 1 aliphatic rings. The summed E-state index contributed by atoms with van der Waals surface area (Å²) >= 11 is 0. The summed E-state index contributed by atoms with van der Waals surface area (Å²) in [6, 6.07) is 7.85. The highest BCUT2D eigenvalue weighted by atomic mass is 16.1. The number of hydrogen-bond donors (Lipinski definition) is 1. The van der Waals surface area contributed by atoms with Gasteiger partial charge in [0.25, 0.3) is 0 Å². The molecule has 1 saturated carbocycles. The lowest BCUT2D eigenvalue weighted by molar-refractivity contribution is -0.120. The van der Waals surface area contributed by atoms with E-state index in [2.05, 4.69) is 10.3 Å². The molecular weight excluding hydrogens is 250 g/mol. The number of nitrogens with zero attached hydrogens (tertiary/aromatic N) is 2. The summed E-state index contributed by atoms with van der Waals surface area (Å²) in [7, 11) is 0. The summed E-state index contributed by atoms with van der Waals surface area (Å²) in [5.74, 6) is 0.358. The van der Waals surface area contributed by atoms with Crippen LogP contribution in [0.3, 0.4) is 0 Å². The first-order chi connectivity index (χ1) is 9.83. The molecule has 4 nitrogen and oxygen atoms in total. The summed E-state index contributed by atoms with van der Waals surface area (Å²) in [6.45, 7) is 0. The van der Waals surface area contributed by atoms with Crippen LogP contribution < -0.4 is 5.32 Å². The summed E-state index contributed by atoms with van der Waals surface area (Å²) < 4.78 is 1.94. The molecule has 1 aromatic carbocycles. The fourth-order valence-electron chi connectivity index (χ4n) is 2.74. The van der Waals surface area contributed by atoms with Gasteiger partial charge in [-0.25, -0.2) is 4.98 Å². The van der Waals surface area contributed by atoms with E-state index in [9.17, 15) is 4.79 Å². The zero-order valence-corrected chi connectivity index (χ0v) is 11.5. The lowest BCUT2D eigenvalue weighted by atomic mass is 9.88. The van der Waals surface area contributed by atoms with Crippen LogP contribution in [0.15, 0.2) is 43.0 Å². The van der Waals surface area contributed by atoms with Crippen LogP contribution in [-0.2, 0) is 4.79 Å². The van der Waals surface area contributed by atoms with Gasteiger partial charge in [0.1, 0.15) is 0 Å². The number of benzene rings is 1. The molecule has 0 radical (unpaired) electrons. The Morgan fingerprint density at radius 2 is 1.90 bits per heavy atom. The topological polar surface area (TPSA) is 46.9 Å². The molecular formula is C16H19N3O. The number of carbonyl (C=O) groups is 1. The number of rotatable bonds is 3. The molecule has 0 saturated heterocycles. The Labute approximate surface area is 118 Å². The molecule has 3 rings (SSSR count). The third kappa shape index (κ3) is 2.90. The van der Waals surface area contributed by atoms with Crippen LogP contribution in [-0.4, -0.2) is 15.5 Å². The number of nitrogens with one attached hydrogen (secondary N) is 1. The number of aromatic nitrogens is 2. The number of hydrogen-bond acceptors (Lipinski definition) is 2. The Morgan fingerprint density at radius 3 is 2.55 bits per heavy atom. The van der Waals surface area contributed by atoms with E-state index >= 15 is 0 Å². The number of imidazole rings is 1. The minimum Gasteiger partial charge on any atom is -0.326 e. The Balaban J connectivity index is 1.64. The van der Waals surface area contributed by atoms with Gasteiger partial charge in [0.05, 0.1) is 6.33 Å². The Morgan fingerprint density at radius 1 is 1.15 bits per heavy atom. The summed E-state index contributed by atoms with van der Waals surface area (Å²) in [5.41, 5.74) is 1.91. The highest BCUT2D eigenvalue weighted by Crippen LogP contribution is 2.25. The molecule has 1 amide bonds. The Kier molecular flexibility index (Phi) is 3.81. The predicted octanol–water partition coefficient (Wildman–Crippen LogP) is 3.39. The third-order valence-electron chi connectivity index (χ3n) is 3.91. The second kappa shape index (κ2) is 5.90. The molecule has 1 aliphatic carbocycles. The highest BCUT2D eigenvalue weighted by molar-refractivity contribution is 5.92. The lowest BCUT2D eigenvalue weighted by Crippen LogP contribution is -2.24. The van der Waals surface area contributed by atoms with Crippen molar-refractivity contribution in [2.75, 3.05) is 5.32 Å². The Bertz CT molecular complexity index is 554. The van der Waals surface area contributed by atoms with Crippen molar-refractivity contribution in [2.24, 2.45) is 5.92 Å². The maximum Gasteiger partial charge on any atom is 0.227 e. The number of amides is 1. The van der Waals surface area contributed by atoms with Crippen LogP contribution in [0, 0.1) is 5.92 Å². The van der Waals surface area contributed by atoms with Gasteiger partial charge in [-0.2, -0.15) is 0 Å². The molecule has 4 heteroatoms. The fraction of sp³-hybridized carbons (Fsp3) is 0.375. The quantitative estimate of drug-likeness (QED) is 0.928. The van der Waals surface area contributed by atoms with Crippen molar-refractivity contribution in [2.45, 2.75) is 32.1 Å². The van der Waals surface area contributed by atoms with Gasteiger partial charge in [0.2, 0.25) is 5.91 Å². The highest BCUT2D eigenvalue weighted by Gasteiger charge is 2.20. The van der Waals surface area contributed by atoms with Gasteiger partial charge >= 0.3 is 0 Å². The smallest absolute Gasteiger partial charge is 0.227 e. The van der Waals surface area contributed by atoms with Crippen LogP contribution in [0.5, 0.6) is 0 Å². The van der Waals surface area contributed by atoms with E-state index in [-0.39, 0.29) is 11.8 Å². The van der Waals surface area contributed by atoms with E-state index in [0.29, 0.717) is 0 Å². The first-order valence-corrected chi connectivity index (χ1v) is 7.22. The van der Waals surface area contributed by atoms with Crippen molar-refractivity contribution in [3.8, 4) is 5.69 Å². The third-order valence-corrected chi connectivity index (χ3v) is 3.91. The van der Waals surface area contributed by atoms with Gasteiger partial charge in [0, 0.05) is 29.7 Å². The zero-order chi connectivity index (χ0) is 13.8. The minimum absolute atomic E-state index is 0.167. The van der Waals surface area contributed by atoms with Crippen molar-refractivity contribution in [1.82, 2.24) is 9.55 Å². The molecule has 0 atom stereocenters. The van der Waals surface area contributed by atoms with E-state index in [4.69, 9.17) is 0 Å². The molecule has 20 heavy (non-hydrogen) atoms. The molecule has 0 bridgehead atoms. The largest absolute Gasteiger partial charge is 0.326 e. The molecule has 104 valence electrons. The fourth-order valence-corrected chi connectivity index (χ4v) is 2.74. The van der Waals surface area contributed by atoms with Crippen LogP contribution in [0.25, 0.3) is 5.69 Å². The van der Waals surface area contributed by atoms with E-state index in [1.165, 1.54) is 19.3 Å². The maximum atomic E-state index is 12.2. The van der Waals surface area contributed by atoms with E-state index < -0.39 is 0 Å². The predicted molar refractivity (Wildman–Crippen MR) is 78.8 cm³/mol. The molecule has 2 aromatic rings. The van der Waals surface area contributed by atoms with Crippen molar-refractivity contribution in [1.29, 1.82) is 0 Å². The van der Waals surface area contributed by atoms with Crippen LogP contribution in [0.4, 0.5) is 5.69 Å². The number of anilines is 1. The van der Waals surface area contributed by atoms with Crippen molar-refractivity contribution >= 4 is 11.6 Å². The number of carbonyl (C=O) groups excluding carboxylic acids is 1. The average molecular weight is 269 g/mol. The lowest BCUT2D eigenvalue weighted by Gasteiger charge is -2.20. The zero-order valence-electron chi connectivity index (χ0n) is 11.5. The second-order valence-corrected chi connectivity index (χ2v) is 5.34. The molecule has 0 unspecified atom stereocenters. The van der Waals surface area contributed by atoms with Gasteiger partial charge in [-0.3, -0.25) is 4.79 Å². The monoisotopic (exact) mass is 269 g/mol. The van der Waals surface area contributed by atoms with Crippen molar-refractivity contribution in [3.63, 3.8) is 0 Å². The summed E-state index contributed by atoms with van der Waals surface area (Å²) in [6.07, 6.45) is 11.1. The van der Waals surface area contributed by atoms with E-state index in [1.807, 2.05) is 35.0 Å². The van der Waals surface area contributed by atoms with Gasteiger partial charge in [0.15, 0.2) is 0 Å². The van der Waals surface area contributed by atoms with Crippen LogP contribution >= 0.6 is 0 Å². The summed E-state index contributed by atoms with van der Waals surface area (Å²) in [5, 5.41) is 3.02. The van der Waals surface area contributed by atoms with Crippen LogP contribution in [0.2, 0.25) is 0 Å². The normalized spacial score (nSPS) is 16.0. The van der Waals surface area contributed by atoms with Gasteiger partial charge in [-0.15, -0.1) is 0 Å². The van der Waals surface area contributed by atoms with Gasteiger partial charge < -0.3 is 9.88 Å². The van der Waals surface area contributed by atoms with Gasteiger partial charge in [-0.05, 0) is 37.1 Å². The van der Waals surface area contributed by atoms with Crippen molar-refractivity contribution < 1.29 is 4.79 Å². The second-order valence-electron chi connectivity index (χ2n) is 5.34. The first-order valence-electron chi connectivity index (χ1n) is 7.22. The first kappa shape index (κ1) is 12.9. The van der Waals surface area contributed by atoms with Gasteiger partial charge in [-0.1, -0.05) is 19.3 Å². The molecule has 1 aromatic heterocycles. The molecule has 1 N–H and O–H groups in total. The molecule has 1 fully saturated rings. The Hall–Kier alpha value is -2.10. The average Bonchev–Trinajstić information content (AvgIpc) is 3.03. The van der Waals surface area contributed by atoms with E-state index in [1.54, 1.807) is 12.5 Å². The summed E-state index contributed by atoms with van der Waals surface area (Å²) in [4.78, 5) is 16.2.